The summed E-state index contributed by atoms with van der Waals surface area (Å²) < 4.78 is 38.5. The maximum atomic E-state index is 12.8. The zero-order valence-electron chi connectivity index (χ0n) is 9.61. The average Bonchev–Trinajstić information content (AvgIpc) is 2.70. The Labute approximate surface area is 106 Å². The van der Waals surface area contributed by atoms with E-state index in [-0.39, 0.29) is 18.7 Å². The Morgan fingerprint density at radius 1 is 1.32 bits per heavy atom. The molecule has 1 fully saturated rings. The first kappa shape index (κ1) is 13.4. The van der Waals surface area contributed by atoms with E-state index in [1.165, 1.54) is 12.1 Å². The average molecular weight is 272 g/mol. The number of carboxylic acid groups (broad SMARTS) is 1. The highest BCUT2D eigenvalue weighted by Crippen LogP contribution is 2.38. The van der Waals surface area contributed by atoms with Crippen LogP contribution < -0.4 is 10.0 Å². The van der Waals surface area contributed by atoms with Crippen molar-refractivity contribution in [3.8, 4) is 0 Å². The van der Waals surface area contributed by atoms with E-state index in [4.69, 9.17) is 0 Å². The molecule has 1 aliphatic rings. The largest absolute Gasteiger partial charge is 0.550 e. The van der Waals surface area contributed by atoms with Gasteiger partial charge >= 0.3 is 6.18 Å². The van der Waals surface area contributed by atoms with Gasteiger partial charge in [-0.15, -0.1) is 0 Å². The van der Waals surface area contributed by atoms with Crippen molar-refractivity contribution >= 4 is 17.6 Å². The summed E-state index contributed by atoms with van der Waals surface area (Å²) >= 11 is 0. The standard InChI is InChI=1S/C12H10F3NO3/c13-12(14,15)8-3-1-2-4-9(8)16-6-7(11(18)19)5-10(16)17/h1-4,7H,5-6H2,(H,18,19)/p-1. The van der Waals surface area contributed by atoms with Crippen molar-refractivity contribution < 1.29 is 27.9 Å². The lowest BCUT2D eigenvalue weighted by Gasteiger charge is -2.21. The second-order valence-corrected chi connectivity index (χ2v) is 4.24. The summed E-state index contributed by atoms with van der Waals surface area (Å²) in [6.07, 6.45) is -4.94. The van der Waals surface area contributed by atoms with Gasteiger partial charge in [0.15, 0.2) is 0 Å². The number of anilines is 1. The number of carbonyl (C=O) groups is 2. The fraction of sp³-hybridized carbons (Fsp3) is 0.333. The molecular weight excluding hydrogens is 263 g/mol. The van der Waals surface area contributed by atoms with Gasteiger partial charge in [-0.2, -0.15) is 13.2 Å². The molecular formula is C12H9F3NO3-. The summed E-state index contributed by atoms with van der Waals surface area (Å²) in [6, 6.07) is 4.58. The van der Waals surface area contributed by atoms with Crippen LogP contribution in [0, 0.1) is 5.92 Å². The molecule has 0 spiro atoms. The van der Waals surface area contributed by atoms with Gasteiger partial charge in [0.2, 0.25) is 5.91 Å². The molecule has 0 radical (unpaired) electrons. The molecule has 1 amide bonds. The van der Waals surface area contributed by atoms with Crippen molar-refractivity contribution in [3.05, 3.63) is 29.8 Å². The minimum Gasteiger partial charge on any atom is -0.550 e. The van der Waals surface area contributed by atoms with Gasteiger partial charge < -0.3 is 14.8 Å². The van der Waals surface area contributed by atoms with Gasteiger partial charge in [-0.3, -0.25) is 4.79 Å². The number of halogens is 3. The van der Waals surface area contributed by atoms with Crippen molar-refractivity contribution in [2.24, 2.45) is 5.92 Å². The highest BCUT2D eigenvalue weighted by atomic mass is 19.4. The molecule has 0 saturated carbocycles. The van der Waals surface area contributed by atoms with E-state index < -0.39 is 29.5 Å². The minimum atomic E-state index is -4.60. The summed E-state index contributed by atoms with van der Waals surface area (Å²) in [7, 11) is 0. The molecule has 0 aromatic heterocycles. The van der Waals surface area contributed by atoms with Gasteiger partial charge in [-0.25, -0.2) is 0 Å². The SMILES string of the molecule is O=C([O-])C1CC(=O)N(c2ccccc2C(F)(F)F)C1. The number of rotatable bonds is 2. The summed E-state index contributed by atoms with van der Waals surface area (Å²) in [5.74, 6) is -3.15. The molecule has 1 atom stereocenters. The fourth-order valence-corrected chi connectivity index (χ4v) is 2.05. The molecule has 1 aromatic carbocycles. The smallest absolute Gasteiger partial charge is 0.418 e. The van der Waals surface area contributed by atoms with Crippen LogP contribution in [0.1, 0.15) is 12.0 Å². The summed E-state index contributed by atoms with van der Waals surface area (Å²) in [4.78, 5) is 23.2. The first-order valence-electron chi connectivity index (χ1n) is 5.48. The third kappa shape index (κ3) is 2.54. The predicted molar refractivity (Wildman–Crippen MR) is 56.9 cm³/mol. The van der Waals surface area contributed by atoms with Gasteiger partial charge in [-0.1, -0.05) is 12.1 Å². The summed E-state index contributed by atoms with van der Waals surface area (Å²) in [5.41, 5.74) is -1.27. The number of carboxylic acids is 1. The van der Waals surface area contributed by atoms with E-state index in [2.05, 4.69) is 0 Å². The highest BCUT2D eigenvalue weighted by molar-refractivity contribution is 5.99. The number of para-hydroxylation sites is 1. The molecule has 4 nitrogen and oxygen atoms in total. The van der Waals surface area contributed by atoms with Crippen LogP contribution in [0.4, 0.5) is 18.9 Å². The van der Waals surface area contributed by atoms with Crippen LogP contribution >= 0.6 is 0 Å². The van der Waals surface area contributed by atoms with E-state index >= 15 is 0 Å². The quantitative estimate of drug-likeness (QED) is 0.800. The van der Waals surface area contributed by atoms with Gasteiger partial charge in [0.25, 0.3) is 0 Å². The Kier molecular flexibility index (Phi) is 3.21. The monoisotopic (exact) mass is 272 g/mol. The van der Waals surface area contributed by atoms with Crippen molar-refractivity contribution in [3.63, 3.8) is 0 Å². The number of hydrogen-bond donors (Lipinski definition) is 0. The molecule has 2 rings (SSSR count). The van der Waals surface area contributed by atoms with Crippen molar-refractivity contribution in [2.45, 2.75) is 12.6 Å². The molecule has 7 heteroatoms. The second-order valence-electron chi connectivity index (χ2n) is 4.24. The molecule has 1 aromatic rings. The Hall–Kier alpha value is -2.05. The number of carbonyl (C=O) groups excluding carboxylic acids is 2. The van der Waals surface area contributed by atoms with Crippen LogP contribution in [0.2, 0.25) is 0 Å². The van der Waals surface area contributed by atoms with E-state index in [0.717, 1.165) is 17.0 Å². The number of aliphatic carboxylic acids is 1. The first-order valence-corrected chi connectivity index (χ1v) is 5.48. The van der Waals surface area contributed by atoms with Crippen LogP contribution in [0.5, 0.6) is 0 Å². The maximum absolute atomic E-state index is 12.8. The molecule has 0 aliphatic carbocycles. The number of benzene rings is 1. The lowest BCUT2D eigenvalue weighted by atomic mass is 10.1. The lowest BCUT2D eigenvalue weighted by Crippen LogP contribution is -2.34. The predicted octanol–water partition coefficient (Wildman–Crippen LogP) is 0.808. The molecule has 1 unspecified atom stereocenters. The Bertz CT molecular complexity index is 527. The first-order chi connectivity index (χ1) is 8.80. The molecule has 0 bridgehead atoms. The molecule has 1 heterocycles. The normalized spacial score (nSPS) is 19.8. The van der Waals surface area contributed by atoms with Crippen LogP contribution in [0.15, 0.2) is 24.3 Å². The molecule has 19 heavy (non-hydrogen) atoms. The number of nitrogens with zero attached hydrogens (tertiary/aromatic N) is 1. The van der Waals surface area contributed by atoms with Gasteiger partial charge in [0, 0.05) is 24.9 Å². The van der Waals surface area contributed by atoms with E-state index in [1.807, 2.05) is 0 Å². The van der Waals surface area contributed by atoms with Gasteiger partial charge in [0.05, 0.1) is 11.3 Å². The van der Waals surface area contributed by atoms with Gasteiger partial charge in [-0.05, 0) is 12.1 Å². The number of alkyl halides is 3. The second kappa shape index (κ2) is 4.56. The molecule has 1 aliphatic heterocycles. The highest BCUT2D eigenvalue weighted by Gasteiger charge is 2.39. The van der Waals surface area contributed by atoms with E-state index in [9.17, 15) is 27.9 Å². The zero-order valence-corrected chi connectivity index (χ0v) is 9.61. The summed E-state index contributed by atoms with van der Waals surface area (Å²) in [6.45, 7) is -0.297. The van der Waals surface area contributed by atoms with Crippen LogP contribution in [-0.2, 0) is 15.8 Å². The molecule has 102 valence electrons. The van der Waals surface area contributed by atoms with Gasteiger partial charge in [0.1, 0.15) is 0 Å². The van der Waals surface area contributed by atoms with Crippen LogP contribution in [0.3, 0.4) is 0 Å². The Balaban J connectivity index is 2.38. The Morgan fingerprint density at radius 3 is 2.47 bits per heavy atom. The summed E-state index contributed by atoms with van der Waals surface area (Å²) in [5, 5.41) is 10.7. The zero-order chi connectivity index (χ0) is 14.2. The van der Waals surface area contributed by atoms with Crippen molar-refractivity contribution in [1.82, 2.24) is 0 Å². The molecule has 1 saturated heterocycles. The lowest BCUT2D eigenvalue weighted by molar-refractivity contribution is -0.310. The Morgan fingerprint density at radius 2 is 1.95 bits per heavy atom. The third-order valence-corrected chi connectivity index (χ3v) is 2.96. The fourth-order valence-electron chi connectivity index (χ4n) is 2.05. The maximum Gasteiger partial charge on any atom is 0.418 e. The van der Waals surface area contributed by atoms with Crippen LogP contribution in [-0.4, -0.2) is 18.4 Å². The number of amides is 1. The molecule has 0 N–H and O–H groups in total. The minimum absolute atomic E-state index is 0.297. The topological polar surface area (TPSA) is 60.4 Å². The number of hydrogen-bond acceptors (Lipinski definition) is 3. The van der Waals surface area contributed by atoms with Crippen molar-refractivity contribution in [1.29, 1.82) is 0 Å². The van der Waals surface area contributed by atoms with E-state index in [1.54, 1.807) is 0 Å². The van der Waals surface area contributed by atoms with E-state index in [0.29, 0.717) is 0 Å². The van der Waals surface area contributed by atoms with Crippen molar-refractivity contribution in [2.75, 3.05) is 11.4 Å². The third-order valence-electron chi connectivity index (χ3n) is 2.96. The van der Waals surface area contributed by atoms with Crippen LogP contribution in [0.25, 0.3) is 0 Å².